The van der Waals surface area contributed by atoms with Crippen LogP contribution in [-0.4, -0.2) is 35.9 Å². The Morgan fingerprint density at radius 1 is 1.47 bits per heavy atom. The molecule has 104 valence electrons. The Balaban J connectivity index is 2.20. The number of piperidine rings is 1. The molecule has 1 fully saturated rings. The van der Waals surface area contributed by atoms with Crippen LogP contribution in [0.2, 0.25) is 0 Å². The number of aliphatic carboxylic acids is 1. The molecule has 3 unspecified atom stereocenters. The van der Waals surface area contributed by atoms with Crippen molar-refractivity contribution in [2.75, 3.05) is 13.7 Å². The van der Waals surface area contributed by atoms with Gasteiger partial charge in [-0.2, -0.15) is 0 Å². The lowest BCUT2D eigenvalue weighted by Crippen LogP contribution is -2.45. The molecule has 0 amide bonds. The standard InChI is InChI=1S/C14H19NO4/c1-8-3-4-13(19-2)9(5-8)11-6-12(16)10(7-15-11)14(17)18/h3-5,10-12,15-16H,6-7H2,1-2H3,(H,17,18). The van der Waals surface area contributed by atoms with Crippen molar-refractivity contribution in [1.29, 1.82) is 0 Å². The summed E-state index contributed by atoms with van der Waals surface area (Å²) in [6.45, 7) is 2.25. The maximum absolute atomic E-state index is 11.0. The third-order valence-electron chi connectivity index (χ3n) is 3.60. The third kappa shape index (κ3) is 2.88. The van der Waals surface area contributed by atoms with Gasteiger partial charge in [0, 0.05) is 18.2 Å². The van der Waals surface area contributed by atoms with Crippen molar-refractivity contribution < 1.29 is 19.7 Å². The van der Waals surface area contributed by atoms with Gasteiger partial charge in [0.25, 0.3) is 0 Å². The summed E-state index contributed by atoms with van der Waals surface area (Å²) in [5.41, 5.74) is 2.07. The SMILES string of the molecule is COc1ccc(C)cc1C1CC(O)C(C(=O)O)CN1. The van der Waals surface area contributed by atoms with Crippen molar-refractivity contribution in [2.45, 2.75) is 25.5 Å². The second kappa shape index (κ2) is 5.59. The number of nitrogens with one attached hydrogen (secondary N) is 1. The van der Waals surface area contributed by atoms with Crippen LogP contribution in [0.4, 0.5) is 0 Å². The third-order valence-corrected chi connectivity index (χ3v) is 3.60. The lowest BCUT2D eigenvalue weighted by Gasteiger charge is -2.33. The molecule has 0 spiro atoms. The van der Waals surface area contributed by atoms with E-state index in [1.165, 1.54) is 0 Å². The molecule has 0 bridgehead atoms. The predicted molar refractivity (Wildman–Crippen MR) is 70.2 cm³/mol. The van der Waals surface area contributed by atoms with Gasteiger partial charge in [-0.3, -0.25) is 4.79 Å². The summed E-state index contributed by atoms with van der Waals surface area (Å²) in [4.78, 5) is 11.0. The number of hydrogen-bond acceptors (Lipinski definition) is 4. The molecule has 0 aliphatic carbocycles. The second-order valence-electron chi connectivity index (χ2n) is 4.95. The van der Waals surface area contributed by atoms with Gasteiger partial charge in [0.15, 0.2) is 0 Å². The Kier molecular flexibility index (Phi) is 4.07. The van der Waals surface area contributed by atoms with Crippen LogP contribution in [0.3, 0.4) is 0 Å². The molecule has 1 aliphatic heterocycles. The fourth-order valence-electron chi connectivity index (χ4n) is 2.51. The molecule has 5 nitrogen and oxygen atoms in total. The number of carbonyl (C=O) groups is 1. The van der Waals surface area contributed by atoms with E-state index in [1.807, 2.05) is 25.1 Å². The van der Waals surface area contributed by atoms with Gasteiger partial charge >= 0.3 is 5.97 Å². The second-order valence-corrected chi connectivity index (χ2v) is 4.95. The van der Waals surface area contributed by atoms with E-state index in [-0.39, 0.29) is 12.6 Å². The van der Waals surface area contributed by atoms with Crippen molar-refractivity contribution in [3.8, 4) is 5.75 Å². The number of benzene rings is 1. The maximum atomic E-state index is 11.0. The summed E-state index contributed by atoms with van der Waals surface area (Å²) >= 11 is 0. The lowest BCUT2D eigenvalue weighted by atomic mass is 9.87. The summed E-state index contributed by atoms with van der Waals surface area (Å²) in [6.07, 6.45) is -0.467. The first-order valence-electron chi connectivity index (χ1n) is 6.31. The number of methoxy groups -OCH3 is 1. The Morgan fingerprint density at radius 3 is 2.79 bits per heavy atom. The van der Waals surface area contributed by atoms with Crippen LogP contribution in [0, 0.1) is 12.8 Å². The molecule has 1 aromatic rings. The van der Waals surface area contributed by atoms with E-state index in [1.54, 1.807) is 7.11 Å². The minimum absolute atomic E-state index is 0.0829. The Labute approximate surface area is 112 Å². The van der Waals surface area contributed by atoms with Crippen molar-refractivity contribution in [1.82, 2.24) is 5.32 Å². The highest BCUT2D eigenvalue weighted by molar-refractivity contribution is 5.71. The van der Waals surface area contributed by atoms with Crippen LogP contribution in [0.5, 0.6) is 5.75 Å². The summed E-state index contributed by atoms with van der Waals surface area (Å²) in [6, 6.07) is 5.77. The number of hydrogen-bond donors (Lipinski definition) is 3. The predicted octanol–water partition coefficient (Wildman–Crippen LogP) is 1.10. The Bertz CT molecular complexity index is 475. The van der Waals surface area contributed by atoms with Gasteiger partial charge in [0.1, 0.15) is 5.75 Å². The lowest BCUT2D eigenvalue weighted by molar-refractivity contribution is -0.147. The molecule has 0 radical (unpaired) electrons. The molecule has 1 aromatic carbocycles. The zero-order valence-electron chi connectivity index (χ0n) is 11.1. The van der Waals surface area contributed by atoms with E-state index in [2.05, 4.69) is 5.32 Å². The molecule has 0 aromatic heterocycles. The van der Waals surface area contributed by atoms with Gasteiger partial charge in [0.2, 0.25) is 0 Å². The van der Waals surface area contributed by atoms with Gasteiger partial charge in [-0.25, -0.2) is 0 Å². The van der Waals surface area contributed by atoms with Crippen molar-refractivity contribution in [3.63, 3.8) is 0 Å². The molecule has 2 rings (SSSR count). The minimum atomic E-state index is -0.963. The van der Waals surface area contributed by atoms with Crippen molar-refractivity contribution in [2.24, 2.45) is 5.92 Å². The normalized spacial score (nSPS) is 27.0. The number of aryl methyl sites for hydroxylation is 1. The van der Waals surface area contributed by atoms with Crippen molar-refractivity contribution >= 4 is 5.97 Å². The van der Waals surface area contributed by atoms with E-state index in [4.69, 9.17) is 9.84 Å². The van der Waals surface area contributed by atoms with E-state index >= 15 is 0 Å². The fourth-order valence-corrected chi connectivity index (χ4v) is 2.51. The molecule has 5 heteroatoms. The molecule has 0 saturated carbocycles. The highest BCUT2D eigenvalue weighted by Crippen LogP contribution is 2.32. The zero-order valence-corrected chi connectivity index (χ0v) is 11.1. The number of rotatable bonds is 3. The highest BCUT2D eigenvalue weighted by Gasteiger charge is 2.34. The number of ether oxygens (including phenoxy) is 1. The first-order chi connectivity index (χ1) is 9.02. The Morgan fingerprint density at radius 2 is 2.21 bits per heavy atom. The number of carboxylic acids is 1. The van der Waals surface area contributed by atoms with Crippen LogP contribution in [-0.2, 0) is 4.79 Å². The van der Waals surface area contributed by atoms with Gasteiger partial charge in [-0.15, -0.1) is 0 Å². The zero-order chi connectivity index (χ0) is 14.0. The average Bonchev–Trinajstić information content (AvgIpc) is 2.38. The monoisotopic (exact) mass is 265 g/mol. The summed E-state index contributed by atoms with van der Waals surface area (Å²) in [7, 11) is 1.60. The summed E-state index contributed by atoms with van der Waals surface area (Å²) in [5.74, 6) is -0.953. The highest BCUT2D eigenvalue weighted by atomic mass is 16.5. The summed E-state index contributed by atoms with van der Waals surface area (Å²) < 4.78 is 5.33. The van der Waals surface area contributed by atoms with Gasteiger partial charge < -0.3 is 20.3 Å². The molecular formula is C14H19NO4. The van der Waals surface area contributed by atoms with Gasteiger partial charge in [-0.05, 0) is 19.4 Å². The van der Waals surface area contributed by atoms with E-state index in [0.29, 0.717) is 6.42 Å². The summed E-state index contributed by atoms with van der Waals surface area (Å²) in [5, 5.41) is 22.1. The largest absolute Gasteiger partial charge is 0.496 e. The van der Waals surface area contributed by atoms with Crippen LogP contribution >= 0.6 is 0 Å². The molecule has 3 atom stereocenters. The van der Waals surface area contributed by atoms with Crippen LogP contribution < -0.4 is 10.1 Å². The smallest absolute Gasteiger partial charge is 0.310 e. The van der Waals surface area contributed by atoms with Crippen molar-refractivity contribution in [3.05, 3.63) is 29.3 Å². The van der Waals surface area contributed by atoms with Gasteiger partial charge in [-0.1, -0.05) is 17.7 Å². The Hall–Kier alpha value is -1.59. The molecule has 1 heterocycles. The minimum Gasteiger partial charge on any atom is -0.496 e. The molecule has 19 heavy (non-hydrogen) atoms. The quantitative estimate of drug-likeness (QED) is 0.762. The molecule has 1 aliphatic rings. The number of aliphatic hydroxyl groups excluding tert-OH is 1. The number of carboxylic acid groups (broad SMARTS) is 1. The van der Waals surface area contributed by atoms with E-state index < -0.39 is 18.0 Å². The first-order valence-corrected chi connectivity index (χ1v) is 6.31. The van der Waals surface area contributed by atoms with Crippen LogP contribution in [0.15, 0.2) is 18.2 Å². The molecule has 1 saturated heterocycles. The average molecular weight is 265 g/mol. The topological polar surface area (TPSA) is 78.8 Å². The molecule has 3 N–H and O–H groups in total. The number of aliphatic hydroxyl groups is 1. The first kappa shape index (κ1) is 13.8. The molecular weight excluding hydrogens is 246 g/mol. The van der Waals surface area contributed by atoms with Crippen LogP contribution in [0.1, 0.15) is 23.6 Å². The maximum Gasteiger partial charge on any atom is 0.310 e. The van der Waals surface area contributed by atoms with E-state index in [0.717, 1.165) is 16.9 Å². The van der Waals surface area contributed by atoms with E-state index in [9.17, 15) is 9.90 Å². The fraction of sp³-hybridized carbons (Fsp3) is 0.500. The van der Waals surface area contributed by atoms with Crippen LogP contribution in [0.25, 0.3) is 0 Å². The van der Waals surface area contributed by atoms with Gasteiger partial charge in [0.05, 0.1) is 19.1 Å².